The Labute approximate surface area is 130 Å². The van der Waals surface area contributed by atoms with Gasteiger partial charge >= 0.3 is 0 Å². The smallest absolute Gasteiger partial charge is 0.203 e. The molecule has 2 rings (SSSR count). The second-order valence-corrected chi connectivity index (χ2v) is 5.70. The van der Waals surface area contributed by atoms with E-state index in [1.54, 1.807) is 44.8 Å². The second-order valence-electron chi connectivity index (χ2n) is 3.84. The van der Waals surface area contributed by atoms with Crippen LogP contribution in [0.1, 0.15) is 4.88 Å². The summed E-state index contributed by atoms with van der Waals surface area (Å²) in [5.41, 5.74) is 0. The SMILES string of the molecule is COc1cc(OCc2sccc2Br)cc(OC)c1OC. The van der Waals surface area contributed by atoms with Crippen LogP contribution < -0.4 is 18.9 Å². The maximum Gasteiger partial charge on any atom is 0.203 e. The van der Waals surface area contributed by atoms with Crippen LogP contribution >= 0.6 is 27.3 Å². The van der Waals surface area contributed by atoms with Gasteiger partial charge in [-0.3, -0.25) is 0 Å². The summed E-state index contributed by atoms with van der Waals surface area (Å²) in [7, 11) is 4.73. The van der Waals surface area contributed by atoms with Gasteiger partial charge in [-0.05, 0) is 27.4 Å². The standard InChI is InChI=1S/C14H15BrO4S/c1-16-11-6-9(7-12(17-2)14(11)18-3)19-8-13-10(15)4-5-20-13/h4-7H,8H2,1-3H3. The van der Waals surface area contributed by atoms with Crippen LogP contribution in [0.15, 0.2) is 28.1 Å². The molecule has 0 aliphatic rings. The van der Waals surface area contributed by atoms with Gasteiger partial charge in [0.1, 0.15) is 12.4 Å². The molecule has 2 aromatic rings. The van der Waals surface area contributed by atoms with E-state index in [-0.39, 0.29) is 0 Å². The monoisotopic (exact) mass is 358 g/mol. The van der Waals surface area contributed by atoms with Crippen LogP contribution in [-0.4, -0.2) is 21.3 Å². The topological polar surface area (TPSA) is 36.9 Å². The van der Waals surface area contributed by atoms with Crippen molar-refractivity contribution < 1.29 is 18.9 Å². The van der Waals surface area contributed by atoms with E-state index in [2.05, 4.69) is 15.9 Å². The molecule has 0 atom stereocenters. The summed E-state index contributed by atoms with van der Waals surface area (Å²) in [6.45, 7) is 0.483. The number of hydrogen-bond acceptors (Lipinski definition) is 5. The minimum Gasteiger partial charge on any atom is -0.493 e. The molecule has 6 heteroatoms. The number of hydrogen-bond donors (Lipinski definition) is 0. The number of halogens is 1. The molecule has 0 fully saturated rings. The van der Waals surface area contributed by atoms with E-state index in [9.17, 15) is 0 Å². The van der Waals surface area contributed by atoms with Gasteiger partial charge in [-0.2, -0.15) is 0 Å². The molecule has 0 saturated carbocycles. The molecule has 1 aromatic carbocycles. The first kappa shape index (κ1) is 15.0. The van der Waals surface area contributed by atoms with Gasteiger partial charge in [-0.15, -0.1) is 11.3 Å². The lowest BCUT2D eigenvalue weighted by atomic mass is 10.2. The fourth-order valence-electron chi connectivity index (χ4n) is 1.72. The lowest BCUT2D eigenvalue weighted by molar-refractivity contribution is 0.293. The Morgan fingerprint density at radius 3 is 2.15 bits per heavy atom. The Kier molecular flexibility index (Phi) is 5.14. The van der Waals surface area contributed by atoms with Crippen LogP contribution in [0.4, 0.5) is 0 Å². The predicted octanol–water partition coefficient (Wildman–Crippen LogP) is 4.12. The zero-order valence-electron chi connectivity index (χ0n) is 11.4. The van der Waals surface area contributed by atoms with Crippen LogP contribution in [-0.2, 0) is 6.61 Å². The minimum atomic E-state index is 0.483. The summed E-state index contributed by atoms with van der Waals surface area (Å²) in [4.78, 5) is 1.12. The first-order valence-electron chi connectivity index (χ1n) is 5.84. The summed E-state index contributed by atoms with van der Waals surface area (Å²) < 4.78 is 22.7. The molecule has 1 aromatic heterocycles. The van der Waals surface area contributed by atoms with Gasteiger partial charge in [0.2, 0.25) is 5.75 Å². The largest absolute Gasteiger partial charge is 0.493 e. The van der Waals surface area contributed by atoms with Crippen molar-refractivity contribution in [2.75, 3.05) is 21.3 Å². The van der Waals surface area contributed by atoms with E-state index < -0.39 is 0 Å². The van der Waals surface area contributed by atoms with Crippen LogP contribution in [0.5, 0.6) is 23.0 Å². The van der Waals surface area contributed by atoms with Gasteiger partial charge < -0.3 is 18.9 Å². The molecule has 0 saturated heterocycles. The highest BCUT2D eigenvalue weighted by molar-refractivity contribution is 9.10. The molecule has 0 aliphatic carbocycles. The van der Waals surface area contributed by atoms with E-state index in [1.807, 2.05) is 11.4 Å². The van der Waals surface area contributed by atoms with Gasteiger partial charge in [0.05, 0.1) is 26.2 Å². The van der Waals surface area contributed by atoms with Gasteiger partial charge in [0.15, 0.2) is 11.5 Å². The van der Waals surface area contributed by atoms with E-state index >= 15 is 0 Å². The third-order valence-corrected chi connectivity index (χ3v) is 4.60. The van der Waals surface area contributed by atoms with Crippen molar-refractivity contribution in [3.05, 3.63) is 32.9 Å². The first-order chi connectivity index (χ1) is 9.69. The summed E-state index contributed by atoms with van der Waals surface area (Å²) in [6.07, 6.45) is 0. The predicted molar refractivity (Wildman–Crippen MR) is 82.4 cm³/mol. The molecule has 4 nitrogen and oxygen atoms in total. The third-order valence-electron chi connectivity index (χ3n) is 2.70. The molecule has 0 spiro atoms. The average Bonchev–Trinajstić information content (AvgIpc) is 2.89. The number of thiophene rings is 1. The molecule has 0 N–H and O–H groups in total. The molecule has 0 amide bonds. The number of methoxy groups -OCH3 is 3. The Morgan fingerprint density at radius 1 is 1.05 bits per heavy atom. The van der Waals surface area contributed by atoms with Crippen molar-refractivity contribution in [3.63, 3.8) is 0 Å². The summed E-state index contributed by atoms with van der Waals surface area (Å²) in [6, 6.07) is 5.56. The van der Waals surface area contributed by atoms with Crippen molar-refractivity contribution in [2.45, 2.75) is 6.61 Å². The summed E-state index contributed by atoms with van der Waals surface area (Å²) in [5, 5.41) is 2.01. The fraction of sp³-hybridized carbons (Fsp3) is 0.286. The van der Waals surface area contributed by atoms with Gasteiger partial charge in [-0.1, -0.05) is 0 Å². The minimum absolute atomic E-state index is 0.483. The average molecular weight is 359 g/mol. The highest BCUT2D eigenvalue weighted by Crippen LogP contribution is 2.41. The van der Waals surface area contributed by atoms with Gasteiger partial charge in [0, 0.05) is 16.6 Å². The molecular formula is C14H15BrO4S. The lowest BCUT2D eigenvalue weighted by Crippen LogP contribution is -1.98. The van der Waals surface area contributed by atoms with Gasteiger partial charge in [-0.25, -0.2) is 0 Å². The Hall–Kier alpha value is -1.40. The molecule has 0 bridgehead atoms. The summed E-state index contributed by atoms with van der Waals surface area (Å²) >= 11 is 5.12. The molecule has 0 aliphatic heterocycles. The van der Waals surface area contributed by atoms with Crippen LogP contribution in [0.3, 0.4) is 0 Å². The van der Waals surface area contributed by atoms with Crippen LogP contribution in [0.2, 0.25) is 0 Å². The zero-order valence-corrected chi connectivity index (χ0v) is 13.8. The van der Waals surface area contributed by atoms with Crippen molar-refractivity contribution in [2.24, 2.45) is 0 Å². The number of rotatable bonds is 6. The van der Waals surface area contributed by atoms with Crippen molar-refractivity contribution >= 4 is 27.3 Å². The van der Waals surface area contributed by atoms with E-state index in [0.29, 0.717) is 29.6 Å². The zero-order chi connectivity index (χ0) is 14.5. The second kappa shape index (κ2) is 6.85. The molecule has 108 valence electrons. The molecule has 0 unspecified atom stereocenters. The third kappa shape index (κ3) is 3.19. The molecular weight excluding hydrogens is 344 g/mol. The van der Waals surface area contributed by atoms with E-state index in [1.165, 1.54) is 0 Å². The lowest BCUT2D eigenvalue weighted by Gasteiger charge is -2.14. The Bertz CT molecular complexity index is 557. The number of ether oxygens (including phenoxy) is 4. The quantitative estimate of drug-likeness (QED) is 0.778. The van der Waals surface area contributed by atoms with Gasteiger partial charge in [0.25, 0.3) is 0 Å². The first-order valence-corrected chi connectivity index (χ1v) is 7.51. The van der Waals surface area contributed by atoms with Crippen LogP contribution in [0.25, 0.3) is 0 Å². The Balaban J connectivity index is 2.21. The normalized spacial score (nSPS) is 10.2. The fourth-order valence-corrected chi connectivity index (χ4v) is 3.10. The highest BCUT2D eigenvalue weighted by atomic mass is 79.9. The van der Waals surface area contributed by atoms with E-state index in [0.717, 1.165) is 9.35 Å². The summed E-state index contributed by atoms with van der Waals surface area (Å²) in [5.74, 6) is 2.37. The molecule has 0 radical (unpaired) electrons. The van der Waals surface area contributed by atoms with Crippen LogP contribution in [0, 0.1) is 0 Å². The maximum atomic E-state index is 5.78. The molecule has 1 heterocycles. The van der Waals surface area contributed by atoms with Crippen molar-refractivity contribution in [1.82, 2.24) is 0 Å². The number of benzene rings is 1. The Morgan fingerprint density at radius 2 is 1.70 bits per heavy atom. The highest BCUT2D eigenvalue weighted by Gasteiger charge is 2.14. The molecule has 20 heavy (non-hydrogen) atoms. The van der Waals surface area contributed by atoms with Crippen molar-refractivity contribution in [3.8, 4) is 23.0 Å². The van der Waals surface area contributed by atoms with E-state index in [4.69, 9.17) is 18.9 Å². The van der Waals surface area contributed by atoms with Crippen molar-refractivity contribution in [1.29, 1.82) is 0 Å². The maximum absolute atomic E-state index is 5.78.